The van der Waals surface area contributed by atoms with Crippen LogP contribution < -0.4 is 0 Å². The number of aromatic nitrogens is 2. The third kappa shape index (κ3) is 1.97. The largest absolute Gasteiger partial charge is 0.477 e. The summed E-state index contributed by atoms with van der Waals surface area (Å²) in [5.41, 5.74) is 1.28. The molecule has 0 amide bonds. The van der Waals surface area contributed by atoms with Gasteiger partial charge in [-0.3, -0.25) is 5.10 Å². The first-order valence-electron chi connectivity index (χ1n) is 5.16. The number of halogens is 2. The molecule has 18 heavy (non-hydrogen) atoms. The fourth-order valence-corrected chi connectivity index (χ4v) is 1.96. The Balaban J connectivity index is 2.66. The van der Waals surface area contributed by atoms with E-state index in [1.807, 2.05) is 0 Å². The number of aryl methyl sites for hydroxylation is 1. The molecule has 0 unspecified atom stereocenters. The molecule has 0 saturated heterocycles. The summed E-state index contributed by atoms with van der Waals surface area (Å²) < 4.78 is 14.1. The number of aromatic carboxylic acids is 1. The van der Waals surface area contributed by atoms with Crippen LogP contribution in [0, 0.1) is 19.7 Å². The monoisotopic (exact) mass is 268 g/mol. The van der Waals surface area contributed by atoms with Crippen molar-refractivity contribution >= 4 is 17.6 Å². The number of benzene rings is 1. The van der Waals surface area contributed by atoms with Crippen molar-refractivity contribution in [3.8, 4) is 11.3 Å². The molecule has 0 saturated carbocycles. The van der Waals surface area contributed by atoms with Crippen LogP contribution in [0.3, 0.4) is 0 Å². The topological polar surface area (TPSA) is 66.0 Å². The Morgan fingerprint density at radius 2 is 2.11 bits per heavy atom. The highest BCUT2D eigenvalue weighted by Gasteiger charge is 2.18. The van der Waals surface area contributed by atoms with Crippen LogP contribution in [0.1, 0.15) is 21.6 Å². The summed E-state index contributed by atoms with van der Waals surface area (Å²) in [6.45, 7) is 3.25. The van der Waals surface area contributed by atoms with Gasteiger partial charge in [0.1, 0.15) is 11.5 Å². The molecule has 4 nitrogen and oxygen atoms in total. The molecule has 0 bridgehead atoms. The van der Waals surface area contributed by atoms with Crippen LogP contribution >= 0.6 is 11.6 Å². The number of nitrogens with zero attached hydrogens (tertiary/aromatic N) is 1. The third-order valence-corrected chi connectivity index (χ3v) is 3.10. The van der Waals surface area contributed by atoms with Gasteiger partial charge in [-0.15, -0.1) is 0 Å². The summed E-state index contributed by atoms with van der Waals surface area (Å²) in [6.07, 6.45) is 0. The molecule has 0 aliphatic carbocycles. The standard InChI is InChI=1S/C12H10ClFN2O2/c1-5-3-7(13)6(2)10(11(5)14)8-4-9(12(17)18)16-15-8/h3-4H,1-2H3,(H,15,16)(H,17,18). The second kappa shape index (κ2) is 4.42. The molecular formula is C12H10ClFN2O2. The van der Waals surface area contributed by atoms with Crippen LogP contribution in [0.15, 0.2) is 12.1 Å². The van der Waals surface area contributed by atoms with E-state index >= 15 is 0 Å². The fourth-order valence-electron chi connectivity index (χ4n) is 1.71. The maximum atomic E-state index is 14.1. The molecule has 1 aromatic heterocycles. The number of rotatable bonds is 2. The summed E-state index contributed by atoms with van der Waals surface area (Å²) in [4.78, 5) is 10.8. The summed E-state index contributed by atoms with van der Waals surface area (Å²) in [5.74, 6) is -1.59. The quantitative estimate of drug-likeness (QED) is 0.879. The highest BCUT2D eigenvalue weighted by Crippen LogP contribution is 2.32. The Labute approximate surface area is 107 Å². The number of hydrogen-bond acceptors (Lipinski definition) is 2. The van der Waals surface area contributed by atoms with E-state index in [0.29, 0.717) is 16.1 Å². The Hall–Kier alpha value is -1.88. The van der Waals surface area contributed by atoms with Crippen LogP contribution in [0.25, 0.3) is 11.3 Å². The summed E-state index contributed by atoms with van der Waals surface area (Å²) in [7, 11) is 0. The second-order valence-electron chi connectivity index (χ2n) is 3.96. The number of hydrogen-bond donors (Lipinski definition) is 2. The van der Waals surface area contributed by atoms with Gasteiger partial charge in [-0.25, -0.2) is 9.18 Å². The molecule has 94 valence electrons. The lowest BCUT2D eigenvalue weighted by molar-refractivity contribution is 0.0690. The van der Waals surface area contributed by atoms with E-state index in [2.05, 4.69) is 10.2 Å². The highest BCUT2D eigenvalue weighted by molar-refractivity contribution is 6.31. The highest BCUT2D eigenvalue weighted by atomic mass is 35.5. The molecule has 0 aliphatic rings. The zero-order valence-corrected chi connectivity index (χ0v) is 10.5. The lowest BCUT2D eigenvalue weighted by Crippen LogP contribution is -1.95. The van der Waals surface area contributed by atoms with Gasteiger partial charge in [0.25, 0.3) is 0 Å². The molecule has 2 N–H and O–H groups in total. The predicted octanol–water partition coefficient (Wildman–Crippen LogP) is 3.18. The molecule has 1 heterocycles. The Morgan fingerprint density at radius 3 is 2.67 bits per heavy atom. The molecule has 0 radical (unpaired) electrons. The van der Waals surface area contributed by atoms with E-state index in [0.717, 1.165) is 0 Å². The Morgan fingerprint density at radius 1 is 1.44 bits per heavy atom. The van der Waals surface area contributed by atoms with E-state index < -0.39 is 11.8 Å². The first kappa shape index (κ1) is 12.6. The summed E-state index contributed by atoms with van der Waals surface area (Å²) >= 11 is 5.99. The molecule has 0 fully saturated rings. The minimum Gasteiger partial charge on any atom is -0.477 e. The van der Waals surface area contributed by atoms with Crippen molar-refractivity contribution in [2.75, 3.05) is 0 Å². The fraction of sp³-hybridized carbons (Fsp3) is 0.167. The third-order valence-electron chi connectivity index (χ3n) is 2.71. The van der Waals surface area contributed by atoms with E-state index in [9.17, 15) is 9.18 Å². The van der Waals surface area contributed by atoms with Crippen LogP contribution in [0.4, 0.5) is 4.39 Å². The van der Waals surface area contributed by atoms with Gasteiger partial charge in [-0.05, 0) is 37.1 Å². The van der Waals surface area contributed by atoms with Gasteiger partial charge in [0.2, 0.25) is 0 Å². The first-order chi connectivity index (χ1) is 8.41. The maximum Gasteiger partial charge on any atom is 0.353 e. The van der Waals surface area contributed by atoms with E-state index in [-0.39, 0.29) is 17.0 Å². The maximum absolute atomic E-state index is 14.1. The smallest absolute Gasteiger partial charge is 0.353 e. The molecule has 2 rings (SSSR count). The summed E-state index contributed by atoms with van der Waals surface area (Å²) in [6, 6.07) is 2.81. The van der Waals surface area contributed by atoms with Gasteiger partial charge in [0.05, 0.1) is 5.69 Å². The zero-order valence-electron chi connectivity index (χ0n) is 9.71. The van der Waals surface area contributed by atoms with E-state index in [1.165, 1.54) is 12.1 Å². The number of carboxylic acid groups (broad SMARTS) is 1. The lowest BCUT2D eigenvalue weighted by Gasteiger charge is -2.09. The number of H-pyrrole nitrogens is 1. The predicted molar refractivity (Wildman–Crippen MR) is 65.4 cm³/mol. The zero-order chi connectivity index (χ0) is 13.4. The van der Waals surface area contributed by atoms with Crippen molar-refractivity contribution in [1.29, 1.82) is 0 Å². The average molecular weight is 269 g/mol. The van der Waals surface area contributed by atoms with Crippen LogP contribution in [0.2, 0.25) is 5.02 Å². The van der Waals surface area contributed by atoms with Crippen LogP contribution in [-0.4, -0.2) is 21.3 Å². The van der Waals surface area contributed by atoms with Gasteiger partial charge in [0, 0.05) is 10.6 Å². The Bertz CT molecular complexity index is 611. The minimum absolute atomic E-state index is 0.0959. The normalized spacial score (nSPS) is 10.7. The molecule has 0 aliphatic heterocycles. The second-order valence-corrected chi connectivity index (χ2v) is 4.37. The van der Waals surface area contributed by atoms with Crippen molar-refractivity contribution in [3.63, 3.8) is 0 Å². The SMILES string of the molecule is Cc1cc(Cl)c(C)c(-c2cc(C(=O)O)[nH]n2)c1F. The molecule has 6 heteroatoms. The first-order valence-corrected chi connectivity index (χ1v) is 5.54. The van der Waals surface area contributed by atoms with Crippen LogP contribution in [-0.2, 0) is 0 Å². The molecule has 1 aromatic carbocycles. The minimum atomic E-state index is -1.15. The van der Waals surface area contributed by atoms with Crippen LogP contribution in [0.5, 0.6) is 0 Å². The van der Waals surface area contributed by atoms with Gasteiger partial charge >= 0.3 is 5.97 Å². The summed E-state index contributed by atoms with van der Waals surface area (Å²) in [5, 5.41) is 15.4. The van der Waals surface area contributed by atoms with E-state index in [1.54, 1.807) is 13.8 Å². The number of aromatic amines is 1. The molecule has 2 aromatic rings. The molecule has 0 spiro atoms. The van der Waals surface area contributed by atoms with Crippen molar-refractivity contribution in [2.24, 2.45) is 0 Å². The van der Waals surface area contributed by atoms with Gasteiger partial charge < -0.3 is 5.11 Å². The number of carboxylic acids is 1. The van der Waals surface area contributed by atoms with Gasteiger partial charge in [-0.2, -0.15) is 5.10 Å². The number of carbonyl (C=O) groups is 1. The van der Waals surface area contributed by atoms with E-state index in [4.69, 9.17) is 16.7 Å². The van der Waals surface area contributed by atoms with Crippen molar-refractivity contribution < 1.29 is 14.3 Å². The Kier molecular flexibility index (Phi) is 3.09. The molecule has 0 atom stereocenters. The van der Waals surface area contributed by atoms with Crippen molar-refractivity contribution in [3.05, 3.63) is 39.8 Å². The van der Waals surface area contributed by atoms with Crippen molar-refractivity contribution in [1.82, 2.24) is 10.2 Å². The number of nitrogens with one attached hydrogen (secondary N) is 1. The average Bonchev–Trinajstić information content (AvgIpc) is 2.76. The molecular weight excluding hydrogens is 259 g/mol. The lowest BCUT2D eigenvalue weighted by atomic mass is 10.0. The van der Waals surface area contributed by atoms with Crippen molar-refractivity contribution in [2.45, 2.75) is 13.8 Å². The van der Waals surface area contributed by atoms with Gasteiger partial charge in [-0.1, -0.05) is 11.6 Å². The van der Waals surface area contributed by atoms with Gasteiger partial charge in [0.15, 0.2) is 0 Å².